The lowest BCUT2D eigenvalue weighted by Gasteiger charge is -2.08. The molecule has 37 heavy (non-hydrogen) atoms. The van der Waals surface area contributed by atoms with Crippen LogP contribution in [-0.2, 0) is 6.18 Å². The SMILES string of the molecule is O=C(Nc1ccc(C(F)(F)F)cc1)Nc1nc2ccc(OC(=O)Nc3ccc4[nH]c(=O)oc4c3)cc2s1. The van der Waals surface area contributed by atoms with Crippen molar-refractivity contribution in [1.82, 2.24) is 9.97 Å². The summed E-state index contributed by atoms with van der Waals surface area (Å²) in [4.78, 5) is 42.5. The third-order valence-corrected chi connectivity index (χ3v) is 5.86. The lowest BCUT2D eigenvalue weighted by Crippen LogP contribution is -2.19. The molecule has 0 bridgehead atoms. The summed E-state index contributed by atoms with van der Waals surface area (Å²) < 4.78 is 48.9. The number of hydrogen-bond donors (Lipinski definition) is 4. The van der Waals surface area contributed by atoms with Crippen LogP contribution in [-0.4, -0.2) is 22.1 Å². The summed E-state index contributed by atoms with van der Waals surface area (Å²) in [6.07, 6.45) is -5.25. The fourth-order valence-electron chi connectivity index (χ4n) is 3.30. The van der Waals surface area contributed by atoms with Gasteiger partial charge in [0.1, 0.15) is 5.75 Å². The molecular formula is C23H14F3N5O5S. The number of amides is 3. The Morgan fingerprint density at radius 3 is 2.46 bits per heavy atom. The number of aromatic amines is 1. The van der Waals surface area contributed by atoms with Gasteiger partial charge in [-0.2, -0.15) is 13.2 Å². The molecule has 5 rings (SSSR count). The number of nitrogens with zero attached hydrogens (tertiary/aromatic N) is 1. The molecule has 2 aromatic heterocycles. The second-order valence-electron chi connectivity index (χ2n) is 7.54. The largest absolute Gasteiger partial charge is 0.417 e. The van der Waals surface area contributed by atoms with Crippen LogP contribution in [0.2, 0.25) is 0 Å². The summed E-state index contributed by atoms with van der Waals surface area (Å²) in [5, 5.41) is 7.70. The molecule has 0 fully saturated rings. The predicted molar refractivity (Wildman–Crippen MR) is 130 cm³/mol. The maximum Gasteiger partial charge on any atom is 0.417 e. The highest BCUT2D eigenvalue weighted by Crippen LogP contribution is 2.31. The number of fused-ring (bicyclic) bond motifs is 2. The van der Waals surface area contributed by atoms with E-state index in [1.165, 1.54) is 12.1 Å². The van der Waals surface area contributed by atoms with Crippen molar-refractivity contribution < 1.29 is 31.9 Å². The third kappa shape index (κ3) is 5.54. The van der Waals surface area contributed by atoms with Gasteiger partial charge in [0.2, 0.25) is 0 Å². The van der Waals surface area contributed by atoms with Crippen molar-refractivity contribution in [3.8, 4) is 5.75 Å². The number of H-pyrrole nitrogens is 1. The van der Waals surface area contributed by atoms with E-state index in [4.69, 9.17) is 9.15 Å². The molecule has 5 aromatic rings. The van der Waals surface area contributed by atoms with Gasteiger partial charge in [0.25, 0.3) is 0 Å². The minimum atomic E-state index is -4.47. The molecule has 0 aliphatic carbocycles. The van der Waals surface area contributed by atoms with E-state index in [1.54, 1.807) is 24.3 Å². The quantitative estimate of drug-likeness (QED) is 0.225. The van der Waals surface area contributed by atoms with Gasteiger partial charge in [0.15, 0.2) is 10.7 Å². The molecule has 188 valence electrons. The molecule has 10 nitrogen and oxygen atoms in total. The van der Waals surface area contributed by atoms with Gasteiger partial charge in [-0.25, -0.2) is 19.4 Å². The van der Waals surface area contributed by atoms with Crippen LogP contribution < -0.4 is 26.4 Å². The molecule has 0 atom stereocenters. The van der Waals surface area contributed by atoms with E-state index in [9.17, 15) is 27.6 Å². The van der Waals surface area contributed by atoms with E-state index in [-0.39, 0.29) is 22.2 Å². The van der Waals surface area contributed by atoms with Crippen molar-refractivity contribution in [1.29, 1.82) is 0 Å². The van der Waals surface area contributed by atoms with Crippen LogP contribution in [0.25, 0.3) is 21.3 Å². The number of carbonyl (C=O) groups excluding carboxylic acids is 2. The van der Waals surface area contributed by atoms with E-state index in [1.807, 2.05) is 0 Å². The highest BCUT2D eigenvalue weighted by atomic mass is 32.1. The van der Waals surface area contributed by atoms with Crippen molar-refractivity contribution in [2.75, 3.05) is 16.0 Å². The molecule has 0 radical (unpaired) electrons. The van der Waals surface area contributed by atoms with Gasteiger partial charge in [0, 0.05) is 23.5 Å². The number of nitrogens with one attached hydrogen (secondary N) is 4. The number of hydrogen-bond acceptors (Lipinski definition) is 7. The van der Waals surface area contributed by atoms with Gasteiger partial charge in [0.05, 0.1) is 21.3 Å². The second kappa shape index (κ2) is 9.31. The number of benzene rings is 3. The summed E-state index contributed by atoms with van der Waals surface area (Å²) >= 11 is 1.10. The van der Waals surface area contributed by atoms with Crippen LogP contribution >= 0.6 is 11.3 Å². The van der Waals surface area contributed by atoms with Gasteiger partial charge in [-0.3, -0.25) is 15.6 Å². The first kappa shape index (κ1) is 23.9. The van der Waals surface area contributed by atoms with E-state index >= 15 is 0 Å². The van der Waals surface area contributed by atoms with E-state index in [0.717, 1.165) is 35.6 Å². The Morgan fingerprint density at radius 2 is 1.70 bits per heavy atom. The molecule has 0 spiro atoms. The first-order valence-electron chi connectivity index (χ1n) is 10.4. The van der Waals surface area contributed by atoms with E-state index in [0.29, 0.717) is 21.4 Å². The van der Waals surface area contributed by atoms with Crippen LogP contribution in [0.15, 0.2) is 69.9 Å². The number of oxazole rings is 1. The molecule has 0 aliphatic rings. The minimum Gasteiger partial charge on any atom is -0.410 e. The number of halogens is 3. The fourth-order valence-corrected chi connectivity index (χ4v) is 4.19. The monoisotopic (exact) mass is 529 g/mol. The van der Waals surface area contributed by atoms with Gasteiger partial charge in [-0.1, -0.05) is 11.3 Å². The van der Waals surface area contributed by atoms with Crippen LogP contribution in [0, 0.1) is 0 Å². The van der Waals surface area contributed by atoms with Gasteiger partial charge in [-0.05, 0) is 48.5 Å². The number of anilines is 3. The maximum atomic E-state index is 12.7. The topological polar surface area (TPSA) is 138 Å². The molecule has 0 unspecified atom stereocenters. The zero-order valence-corrected chi connectivity index (χ0v) is 19.1. The standard InChI is InChI=1S/C23H14F3N5O5S/c24-23(25,26)11-1-3-12(4-2-11)27-19(32)31-20-29-16-8-6-14(10-18(16)37-20)35-21(33)28-13-5-7-15-17(9-13)36-22(34)30-15/h1-10H,(H,28,33)(H,30,34)(H2,27,29,31,32). The van der Waals surface area contributed by atoms with Crippen molar-refractivity contribution >= 4 is 61.3 Å². The lowest BCUT2D eigenvalue weighted by molar-refractivity contribution is -0.137. The summed E-state index contributed by atoms with van der Waals surface area (Å²) in [6.45, 7) is 0. The van der Waals surface area contributed by atoms with E-state index in [2.05, 4.69) is 25.9 Å². The summed E-state index contributed by atoms with van der Waals surface area (Å²) in [5.41, 5.74) is 0.978. The molecule has 0 aliphatic heterocycles. The van der Waals surface area contributed by atoms with Crippen molar-refractivity contribution in [3.05, 3.63) is 76.8 Å². The Hall–Kier alpha value is -4.85. The fraction of sp³-hybridized carbons (Fsp3) is 0.0435. The second-order valence-corrected chi connectivity index (χ2v) is 8.57. The summed E-state index contributed by atoms with van der Waals surface area (Å²) in [5.74, 6) is -0.401. The van der Waals surface area contributed by atoms with Gasteiger partial charge in [-0.15, -0.1) is 0 Å². The molecular weight excluding hydrogens is 515 g/mol. The summed E-state index contributed by atoms with van der Waals surface area (Å²) in [7, 11) is 0. The molecule has 14 heteroatoms. The Balaban J connectivity index is 1.21. The molecule has 4 N–H and O–H groups in total. The maximum absolute atomic E-state index is 12.7. The lowest BCUT2D eigenvalue weighted by atomic mass is 10.2. The Labute approximate surface area is 208 Å². The molecule has 3 amide bonds. The van der Waals surface area contributed by atoms with Crippen molar-refractivity contribution in [3.63, 3.8) is 0 Å². The molecule has 0 saturated heterocycles. The van der Waals surface area contributed by atoms with Crippen LogP contribution in [0.3, 0.4) is 0 Å². The van der Waals surface area contributed by atoms with Crippen LogP contribution in [0.1, 0.15) is 5.56 Å². The zero-order chi connectivity index (χ0) is 26.2. The average molecular weight is 529 g/mol. The first-order valence-corrected chi connectivity index (χ1v) is 11.2. The van der Waals surface area contributed by atoms with Gasteiger partial charge < -0.3 is 14.5 Å². The normalized spacial score (nSPS) is 11.4. The Bertz CT molecular complexity index is 1690. The molecule has 2 heterocycles. The Morgan fingerprint density at radius 1 is 0.946 bits per heavy atom. The number of rotatable bonds is 4. The number of carbonyl (C=O) groups is 2. The number of thiazole rings is 1. The van der Waals surface area contributed by atoms with Gasteiger partial charge >= 0.3 is 24.1 Å². The number of urea groups is 1. The third-order valence-electron chi connectivity index (χ3n) is 4.93. The highest BCUT2D eigenvalue weighted by molar-refractivity contribution is 7.22. The first-order chi connectivity index (χ1) is 17.6. The zero-order valence-electron chi connectivity index (χ0n) is 18.3. The predicted octanol–water partition coefficient (Wildman–Crippen LogP) is 6.00. The smallest absolute Gasteiger partial charge is 0.410 e. The Kier molecular flexibility index (Phi) is 6.01. The van der Waals surface area contributed by atoms with Crippen molar-refractivity contribution in [2.45, 2.75) is 6.18 Å². The molecule has 3 aromatic carbocycles. The average Bonchev–Trinajstić information content (AvgIpc) is 3.39. The minimum absolute atomic E-state index is 0.172. The molecule has 0 saturated carbocycles. The number of aromatic nitrogens is 2. The van der Waals surface area contributed by atoms with Crippen LogP contribution in [0.5, 0.6) is 5.75 Å². The number of alkyl halides is 3. The van der Waals surface area contributed by atoms with E-state index < -0.39 is 29.6 Å². The summed E-state index contributed by atoms with van der Waals surface area (Å²) in [6, 6.07) is 12.6. The van der Waals surface area contributed by atoms with Crippen LogP contribution in [0.4, 0.5) is 39.3 Å². The highest BCUT2D eigenvalue weighted by Gasteiger charge is 2.30. The van der Waals surface area contributed by atoms with Crippen molar-refractivity contribution in [2.24, 2.45) is 0 Å². The number of ether oxygens (including phenoxy) is 1.